The summed E-state index contributed by atoms with van der Waals surface area (Å²) in [5, 5.41) is 2.53. The van der Waals surface area contributed by atoms with Crippen molar-refractivity contribution in [1.82, 2.24) is 10.3 Å². The monoisotopic (exact) mass is 438 g/mol. The van der Waals surface area contributed by atoms with Crippen LogP contribution in [0, 0.1) is 5.92 Å². The predicted octanol–water partition coefficient (Wildman–Crippen LogP) is 2.91. The topological polar surface area (TPSA) is 113 Å². The highest BCUT2D eigenvalue weighted by Gasteiger charge is 2.30. The van der Waals surface area contributed by atoms with Gasteiger partial charge in [-0.3, -0.25) is 9.59 Å². The molecule has 1 N–H and O–H groups in total. The summed E-state index contributed by atoms with van der Waals surface area (Å²) in [6.07, 6.45) is 2.53. The number of pyridine rings is 1. The quantitative estimate of drug-likeness (QED) is 0.391. The number of amides is 1. The summed E-state index contributed by atoms with van der Waals surface area (Å²) in [6, 6.07) is 0.495. The summed E-state index contributed by atoms with van der Waals surface area (Å²) < 4.78 is 21.6. The van der Waals surface area contributed by atoms with E-state index in [1.165, 1.54) is 33.2 Å². The molecular formula is C22H34N2O7. The largest absolute Gasteiger partial charge is 0.493 e. The number of carbonyl (C=O) groups is 3. The average Bonchev–Trinajstić information content (AvgIpc) is 2.71. The number of methoxy groups -OCH3 is 1. The lowest BCUT2D eigenvalue weighted by Gasteiger charge is -2.28. The Kier molecular flexibility index (Phi) is 11.0. The van der Waals surface area contributed by atoms with E-state index in [-0.39, 0.29) is 29.2 Å². The molecule has 0 aliphatic carbocycles. The van der Waals surface area contributed by atoms with Crippen molar-refractivity contribution < 1.29 is 33.3 Å². The number of rotatable bonds is 12. The molecule has 1 heterocycles. The summed E-state index contributed by atoms with van der Waals surface area (Å²) >= 11 is 0. The zero-order valence-electron chi connectivity index (χ0n) is 19.4. The Labute approximate surface area is 183 Å². The molecule has 174 valence electrons. The van der Waals surface area contributed by atoms with Gasteiger partial charge in [-0.05, 0) is 26.2 Å². The Morgan fingerprint density at radius 1 is 1.16 bits per heavy atom. The van der Waals surface area contributed by atoms with Crippen LogP contribution in [-0.2, 0) is 19.1 Å². The third kappa shape index (κ3) is 8.16. The van der Waals surface area contributed by atoms with Gasteiger partial charge in [0.05, 0.1) is 13.2 Å². The van der Waals surface area contributed by atoms with E-state index in [1.807, 2.05) is 20.8 Å². The van der Waals surface area contributed by atoms with Crippen molar-refractivity contribution in [2.24, 2.45) is 5.92 Å². The molecule has 3 atom stereocenters. The van der Waals surface area contributed by atoms with E-state index in [0.717, 1.165) is 12.8 Å². The molecule has 0 spiro atoms. The molecule has 0 aliphatic rings. The zero-order valence-corrected chi connectivity index (χ0v) is 19.4. The van der Waals surface area contributed by atoms with E-state index in [9.17, 15) is 14.4 Å². The van der Waals surface area contributed by atoms with Gasteiger partial charge in [0, 0.05) is 25.8 Å². The summed E-state index contributed by atoms with van der Waals surface area (Å²) in [5.41, 5.74) is -0.175. The molecule has 0 saturated carbocycles. The van der Waals surface area contributed by atoms with Crippen LogP contribution < -0.4 is 14.8 Å². The fourth-order valence-corrected chi connectivity index (χ4v) is 2.84. The first-order valence-corrected chi connectivity index (χ1v) is 10.5. The summed E-state index contributed by atoms with van der Waals surface area (Å²) in [6.45, 7) is 11.1. The fourth-order valence-electron chi connectivity index (χ4n) is 2.84. The number of unbranched alkanes of at least 4 members (excludes halogenated alkanes) is 1. The molecule has 1 aromatic heterocycles. The third-order valence-corrected chi connectivity index (χ3v) is 4.50. The van der Waals surface area contributed by atoms with Gasteiger partial charge in [-0.25, -0.2) is 9.78 Å². The highest BCUT2D eigenvalue weighted by atomic mass is 16.6. The van der Waals surface area contributed by atoms with E-state index in [4.69, 9.17) is 18.9 Å². The molecule has 0 fully saturated rings. The number of esters is 2. The van der Waals surface area contributed by atoms with Gasteiger partial charge in [0.2, 0.25) is 5.75 Å². The van der Waals surface area contributed by atoms with Crippen LogP contribution in [0.1, 0.15) is 64.9 Å². The van der Waals surface area contributed by atoms with Crippen LogP contribution in [0.2, 0.25) is 0 Å². The molecule has 1 aromatic rings. The van der Waals surface area contributed by atoms with Crippen LogP contribution in [0.4, 0.5) is 0 Å². The maximum absolute atomic E-state index is 12.7. The molecule has 0 unspecified atom stereocenters. The van der Waals surface area contributed by atoms with Gasteiger partial charge < -0.3 is 24.3 Å². The molecule has 0 bridgehead atoms. The maximum Gasteiger partial charge on any atom is 0.328 e. The van der Waals surface area contributed by atoms with Gasteiger partial charge in [-0.15, -0.1) is 0 Å². The van der Waals surface area contributed by atoms with Gasteiger partial charge in [0.15, 0.2) is 11.4 Å². The normalized spacial score (nSPS) is 13.8. The van der Waals surface area contributed by atoms with Gasteiger partial charge in [-0.1, -0.05) is 27.2 Å². The van der Waals surface area contributed by atoms with Crippen molar-refractivity contribution >= 4 is 17.8 Å². The van der Waals surface area contributed by atoms with Crippen molar-refractivity contribution in [2.45, 2.75) is 72.6 Å². The smallest absolute Gasteiger partial charge is 0.328 e. The average molecular weight is 439 g/mol. The minimum Gasteiger partial charge on any atom is -0.493 e. The molecule has 1 rings (SSSR count). The van der Waals surface area contributed by atoms with Gasteiger partial charge in [0.1, 0.15) is 12.1 Å². The second kappa shape index (κ2) is 12.9. The van der Waals surface area contributed by atoms with E-state index in [1.54, 1.807) is 0 Å². The van der Waals surface area contributed by atoms with Crippen molar-refractivity contribution in [1.29, 1.82) is 0 Å². The lowest BCUT2D eigenvalue weighted by molar-refractivity contribution is -0.162. The Bertz CT molecular complexity index is 751. The van der Waals surface area contributed by atoms with E-state index >= 15 is 0 Å². The van der Waals surface area contributed by atoms with Gasteiger partial charge in [-0.2, -0.15) is 0 Å². The zero-order chi connectivity index (χ0) is 23.6. The third-order valence-electron chi connectivity index (χ3n) is 4.50. The number of hydrogen-bond donors (Lipinski definition) is 1. The van der Waals surface area contributed by atoms with Crippen LogP contribution in [0.5, 0.6) is 11.5 Å². The summed E-state index contributed by atoms with van der Waals surface area (Å²) in [4.78, 5) is 40.7. The number of nitrogens with zero attached hydrogens (tertiary/aromatic N) is 1. The highest BCUT2D eigenvalue weighted by Crippen LogP contribution is 2.29. The van der Waals surface area contributed by atoms with Crippen molar-refractivity contribution in [3.8, 4) is 11.5 Å². The van der Waals surface area contributed by atoms with Crippen molar-refractivity contribution in [3.05, 3.63) is 18.0 Å². The molecular weight excluding hydrogens is 404 g/mol. The van der Waals surface area contributed by atoms with Crippen molar-refractivity contribution in [3.63, 3.8) is 0 Å². The lowest BCUT2D eigenvalue weighted by Crippen LogP contribution is -2.44. The van der Waals surface area contributed by atoms with Crippen molar-refractivity contribution in [2.75, 3.05) is 13.7 Å². The second-order valence-electron chi connectivity index (χ2n) is 7.55. The van der Waals surface area contributed by atoms with Crippen LogP contribution in [-0.4, -0.2) is 54.8 Å². The molecule has 0 saturated heterocycles. The van der Waals surface area contributed by atoms with Crippen LogP contribution in [0.25, 0.3) is 0 Å². The van der Waals surface area contributed by atoms with Crippen LogP contribution in [0.15, 0.2) is 12.3 Å². The Hall–Kier alpha value is -2.68. The Morgan fingerprint density at radius 3 is 2.39 bits per heavy atom. The van der Waals surface area contributed by atoms with Gasteiger partial charge >= 0.3 is 11.9 Å². The molecule has 9 heteroatoms. The Balaban J connectivity index is 2.88. The molecule has 0 aromatic carbocycles. The van der Waals surface area contributed by atoms with Crippen LogP contribution >= 0.6 is 0 Å². The van der Waals surface area contributed by atoms with E-state index in [2.05, 4.69) is 17.2 Å². The first kappa shape index (κ1) is 26.4. The minimum atomic E-state index is -0.963. The first-order chi connectivity index (χ1) is 14.6. The number of hydrogen-bond acceptors (Lipinski definition) is 8. The number of aromatic nitrogens is 1. The SMILES string of the molecule is CCCCO[C@@H](C)[C@H](OC(=O)[C@H](C)NC(=O)c1nccc(OC)c1OC(C)=O)C(C)C. The highest BCUT2D eigenvalue weighted by molar-refractivity contribution is 5.98. The lowest BCUT2D eigenvalue weighted by atomic mass is 10.0. The molecule has 31 heavy (non-hydrogen) atoms. The molecule has 9 nitrogen and oxygen atoms in total. The minimum absolute atomic E-state index is 0.0269. The first-order valence-electron chi connectivity index (χ1n) is 10.5. The summed E-state index contributed by atoms with van der Waals surface area (Å²) in [7, 11) is 1.37. The number of nitrogens with one attached hydrogen (secondary N) is 1. The van der Waals surface area contributed by atoms with Crippen LogP contribution in [0.3, 0.4) is 0 Å². The van der Waals surface area contributed by atoms with E-state index < -0.39 is 30.0 Å². The number of ether oxygens (including phenoxy) is 4. The molecule has 0 radical (unpaired) electrons. The van der Waals surface area contributed by atoms with Gasteiger partial charge in [0.25, 0.3) is 5.91 Å². The molecule has 0 aliphatic heterocycles. The van der Waals surface area contributed by atoms with E-state index in [0.29, 0.717) is 6.61 Å². The summed E-state index contributed by atoms with van der Waals surface area (Å²) in [5.74, 6) is -1.86. The molecule has 1 amide bonds. The second-order valence-corrected chi connectivity index (χ2v) is 7.55. The predicted molar refractivity (Wildman–Crippen MR) is 114 cm³/mol. The fraction of sp³-hybridized carbons (Fsp3) is 0.636. The standard InChI is InChI=1S/C22H34N2O7/c1-8-9-12-29-15(5)19(13(2)3)31-22(27)14(4)24-21(26)18-20(30-16(6)25)17(28-7)10-11-23-18/h10-11,13-15,19H,8-9,12H2,1-7H3,(H,24,26)/t14-,15-,19+/m0/s1. The number of carbonyl (C=O) groups excluding carboxylic acids is 3. The maximum atomic E-state index is 12.7. The Morgan fingerprint density at radius 2 is 1.84 bits per heavy atom.